The van der Waals surface area contributed by atoms with Gasteiger partial charge in [0.05, 0.1) is 12.8 Å². The molecule has 0 fully saturated rings. The molecule has 1 aromatic carbocycles. The van der Waals surface area contributed by atoms with Gasteiger partial charge in [0.1, 0.15) is 17.3 Å². The second-order valence-electron chi connectivity index (χ2n) is 3.46. The van der Waals surface area contributed by atoms with Gasteiger partial charge in [0.25, 0.3) is 0 Å². The topological polar surface area (TPSA) is 73.3 Å². The monoisotopic (exact) mass is 219 g/mol. The van der Waals surface area contributed by atoms with Crippen LogP contribution in [0.25, 0.3) is 11.3 Å². The van der Waals surface area contributed by atoms with Gasteiger partial charge in [0, 0.05) is 24.7 Å². The second kappa shape index (κ2) is 3.77. The first kappa shape index (κ1) is 10.4. The van der Waals surface area contributed by atoms with Crippen molar-refractivity contribution in [3.63, 3.8) is 0 Å². The molecule has 5 nitrogen and oxygen atoms in total. The minimum absolute atomic E-state index is 0.157. The number of phenolic OH excluding ortho intramolecular Hbond substituents is 1. The molecule has 2 aromatic rings. The number of benzene rings is 1. The fraction of sp³-hybridized carbons (Fsp3) is 0.182. The third-order valence-electron chi connectivity index (χ3n) is 2.38. The van der Waals surface area contributed by atoms with Crippen molar-refractivity contribution in [3.8, 4) is 22.8 Å². The largest absolute Gasteiger partial charge is 0.508 e. The maximum Gasteiger partial charge on any atom is 0.132 e. The van der Waals surface area contributed by atoms with E-state index in [0.29, 0.717) is 11.6 Å². The highest BCUT2D eigenvalue weighted by molar-refractivity contribution is 5.70. The lowest BCUT2D eigenvalue weighted by molar-refractivity contribution is 0.409. The van der Waals surface area contributed by atoms with Crippen LogP contribution >= 0.6 is 0 Å². The molecule has 0 aliphatic heterocycles. The van der Waals surface area contributed by atoms with Crippen LogP contribution in [0.5, 0.6) is 11.5 Å². The number of aromatic nitrogens is 2. The number of hydrogen-bond acceptors (Lipinski definition) is 4. The first-order valence-electron chi connectivity index (χ1n) is 4.78. The molecule has 0 saturated heterocycles. The molecule has 0 atom stereocenters. The van der Waals surface area contributed by atoms with E-state index < -0.39 is 0 Å². The number of methoxy groups -OCH3 is 1. The Morgan fingerprint density at radius 2 is 2.12 bits per heavy atom. The number of hydrogen-bond donors (Lipinski definition) is 2. The third kappa shape index (κ3) is 1.67. The third-order valence-corrected chi connectivity index (χ3v) is 2.38. The highest BCUT2D eigenvalue weighted by atomic mass is 16.5. The van der Waals surface area contributed by atoms with Gasteiger partial charge in [-0.25, -0.2) is 0 Å². The summed E-state index contributed by atoms with van der Waals surface area (Å²) in [6.45, 7) is 0. The fourth-order valence-electron chi connectivity index (χ4n) is 1.50. The molecule has 16 heavy (non-hydrogen) atoms. The van der Waals surface area contributed by atoms with Crippen molar-refractivity contribution < 1.29 is 9.84 Å². The average Bonchev–Trinajstić information content (AvgIpc) is 2.59. The Morgan fingerprint density at radius 1 is 1.38 bits per heavy atom. The lowest BCUT2D eigenvalue weighted by atomic mass is 10.1. The zero-order valence-electron chi connectivity index (χ0n) is 9.14. The van der Waals surface area contributed by atoms with Gasteiger partial charge in [0.15, 0.2) is 0 Å². The molecule has 0 bridgehead atoms. The van der Waals surface area contributed by atoms with Crippen LogP contribution in [0, 0.1) is 0 Å². The summed E-state index contributed by atoms with van der Waals surface area (Å²) in [5.41, 5.74) is 7.23. The first-order valence-corrected chi connectivity index (χ1v) is 4.78. The summed E-state index contributed by atoms with van der Waals surface area (Å²) in [4.78, 5) is 0. The quantitative estimate of drug-likeness (QED) is 0.800. The smallest absolute Gasteiger partial charge is 0.132 e. The number of aromatic hydroxyl groups is 1. The van der Waals surface area contributed by atoms with Crippen molar-refractivity contribution in [2.24, 2.45) is 7.05 Å². The number of rotatable bonds is 2. The predicted octanol–water partition coefficient (Wildman–Crippen LogP) is 1.38. The summed E-state index contributed by atoms with van der Waals surface area (Å²) in [5, 5.41) is 13.6. The fourth-order valence-corrected chi connectivity index (χ4v) is 1.50. The Kier molecular flexibility index (Phi) is 2.44. The molecule has 3 N–H and O–H groups in total. The van der Waals surface area contributed by atoms with Gasteiger partial charge in [-0.05, 0) is 12.1 Å². The van der Waals surface area contributed by atoms with Crippen LogP contribution < -0.4 is 10.5 Å². The molecule has 0 unspecified atom stereocenters. The van der Waals surface area contributed by atoms with Crippen molar-refractivity contribution in [2.75, 3.05) is 12.8 Å². The summed E-state index contributed by atoms with van der Waals surface area (Å²) in [7, 11) is 3.32. The molecule has 0 radical (unpaired) electrons. The Bertz CT molecular complexity index is 500. The van der Waals surface area contributed by atoms with E-state index in [1.807, 2.05) is 0 Å². The maximum absolute atomic E-state index is 9.35. The zero-order chi connectivity index (χ0) is 11.7. The summed E-state index contributed by atoms with van der Waals surface area (Å²) in [5.74, 6) is 1.30. The van der Waals surface area contributed by atoms with Crippen molar-refractivity contribution in [3.05, 3.63) is 24.3 Å². The molecule has 84 valence electrons. The molecule has 0 amide bonds. The second-order valence-corrected chi connectivity index (χ2v) is 3.46. The molecular formula is C11H13N3O2. The van der Waals surface area contributed by atoms with Gasteiger partial charge < -0.3 is 15.6 Å². The Hall–Kier alpha value is -2.17. The van der Waals surface area contributed by atoms with E-state index in [2.05, 4.69) is 5.10 Å². The average molecular weight is 219 g/mol. The highest BCUT2D eigenvalue weighted by Gasteiger charge is 2.10. The van der Waals surface area contributed by atoms with Crippen LogP contribution in [-0.2, 0) is 7.05 Å². The molecular weight excluding hydrogens is 206 g/mol. The number of nitrogen functional groups attached to an aromatic ring is 1. The first-order chi connectivity index (χ1) is 7.61. The van der Waals surface area contributed by atoms with E-state index in [1.54, 1.807) is 43.1 Å². The minimum Gasteiger partial charge on any atom is -0.508 e. The number of nitrogens with zero attached hydrogens (tertiary/aromatic N) is 2. The molecule has 0 spiro atoms. The molecule has 0 aliphatic carbocycles. The number of ether oxygens (including phenoxy) is 1. The number of phenols is 1. The molecule has 1 heterocycles. The summed E-state index contributed by atoms with van der Waals surface area (Å²) in [6.07, 6.45) is 0. The Morgan fingerprint density at radius 3 is 2.69 bits per heavy atom. The Balaban J connectivity index is 2.55. The lowest BCUT2D eigenvalue weighted by Gasteiger charge is -2.06. The van der Waals surface area contributed by atoms with Gasteiger partial charge in [0.2, 0.25) is 0 Å². The normalized spacial score (nSPS) is 10.4. The van der Waals surface area contributed by atoms with Crippen molar-refractivity contribution >= 4 is 5.82 Å². The highest BCUT2D eigenvalue weighted by Crippen LogP contribution is 2.32. The lowest BCUT2D eigenvalue weighted by Crippen LogP contribution is -1.96. The summed E-state index contributed by atoms with van der Waals surface area (Å²) < 4.78 is 6.76. The Labute approximate surface area is 93.1 Å². The number of nitrogens with two attached hydrogens (primary N) is 1. The maximum atomic E-state index is 9.35. The van der Waals surface area contributed by atoms with Crippen molar-refractivity contribution in [2.45, 2.75) is 0 Å². The van der Waals surface area contributed by atoms with Crippen LogP contribution in [0.2, 0.25) is 0 Å². The molecule has 1 aromatic heterocycles. The van der Waals surface area contributed by atoms with Gasteiger partial charge in [-0.3, -0.25) is 4.68 Å². The van der Waals surface area contributed by atoms with E-state index >= 15 is 0 Å². The van der Waals surface area contributed by atoms with Crippen molar-refractivity contribution in [1.29, 1.82) is 0 Å². The van der Waals surface area contributed by atoms with Gasteiger partial charge in [-0.15, -0.1) is 0 Å². The summed E-state index contributed by atoms with van der Waals surface area (Å²) >= 11 is 0. The molecule has 0 saturated carbocycles. The zero-order valence-corrected chi connectivity index (χ0v) is 9.14. The van der Waals surface area contributed by atoms with Crippen LogP contribution in [0.1, 0.15) is 0 Å². The van der Waals surface area contributed by atoms with Crippen LogP contribution in [0.3, 0.4) is 0 Å². The van der Waals surface area contributed by atoms with Crippen molar-refractivity contribution in [1.82, 2.24) is 9.78 Å². The minimum atomic E-state index is 0.157. The van der Waals surface area contributed by atoms with Crippen LogP contribution in [0.4, 0.5) is 5.82 Å². The molecule has 0 aliphatic rings. The van der Waals surface area contributed by atoms with Crippen LogP contribution in [0.15, 0.2) is 24.3 Å². The number of anilines is 1. The standard InChI is InChI=1S/C11H13N3O2/c1-14-11(12)6-9(13-14)8-4-3-7(15)5-10(8)16-2/h3-6,15H,12H2,1-2H3. The van der Waals surface area contributed by atoms with Gasteiger partial charge in [-0.2, -0.15) is 5.10 Å². The van der Waals surface area contributed by atoms with E-state index in [4.69, 9.17) is 10.5 Å². The predicted molar refractivity (Wildman–Crippen MR) is 61.3 cm³/mol. The molecule has 5 heteroatoms. The van der Waals surface area contributed by atoms with Gasteiger partial charge >= 0.3 is 0 Å². The summed E-state index contributed by atoms with van der Waals surface area (Å²) in [6, 6.07) is 6.63. The van der Waals surface area contributed by atoms with Gasteiger partial charge in [-0.1, -0.05) is 0 Å². The van der Waals surface area contributed by atoms with E-state index in [0.717, 1.165) is 11.3 Å². The van der Waals surface area contributed by atoms with Crippen LogP contribution in [-0.4, -0.2) is 22.0 Å². The van der Waals surface area contributed by atoms with E-state index in [-0.39, 0.29) is 5.75 Å². The molecule has 2 rings (SSSR count). The van der Waals surface area contributed by atoms with E-state index in [1.165, 1.54) is 0 Å². The number of aryl methyl sites for hydroxylation is 1. The SMILES string of the molecule is COc1cc(O)ccc1-c1cc(N)n(C)n1. The van der Waals surface area contributed by atoms with E-state index in [9.17, 15) is 5.11 Å².